The smallest absolute Gasteiger partial charge is 0.254 e. The summed E-state index contributed by atoms with van der Waals surface area (Å²) < 4.78 is 9.46. The number of pyridine rings is 1. The van der Waals surface area contributed by atoms with Gasteiger partial charge in [-0.15, -0.1) is 0 Å². The zero-order valence-electron chi connectivity index (χ0n) is 23.3. The van der Waals surface area contributed by atoms with E-state index in [9.17, 15) is 15.2 Å². The maximum Gasteiger partial charge on any atom is 0.254 e. The maximum absolute atomic E-state index is 14.1. The lowest BCUT2D eigenvalue weighted by atomic mass is 9.87. The van der Waals surface area contributed by atoms with Crippen LogP contribution < -0.4 is 4.74 Å². The highest BCUT2D eigenvalue weighted by Crippen LogP contribution is 2.36. The minimum atomic E-state index is -0.315. The van der Waals surface area contributed by atoms with Crippen LogP contribution in [0.2, 0.25) is 0 Å². The summed E-state index contributed by atoms with van der Waals surface area (Å²) in [6, 6.07) is 7.70. The van der Waals surface area contributed by atoms with Crippen LogP contribution in [0.3, 0.4) is 0 Å². The van der Waals surface area contributed by atoms with Crippen molar-refractivity contribution in [2.75, 3.05) is 19.8 Å². The topological polar surface area (TPSA) is 122 Å². The molecule has 206 valence electrons. The number of fused-ring (bicyclic) bond motifs is 1. The van der Waals surface area contributed by atoms with Gasteiger partial charge in [-0.25, -0.2) is 4.98 Å². The van der Waals surface area contributed by atoms with Gasteiger partial charge in [-0.2, -0.15) is 10.4 Å². The second kappa shape index (κ2) is 11.3. The number of benzene rings is 1. The fourth-order valence-corrected chi connectivity index (χ4v) is 5.35. The number of imidazole rings is 1. The van der Waals surface area contributed by atoms with Crippen LogP contribution in [0.15, 0.2) is 43.0 Å². The lowest BCUT2D eigenvalue weighted by Crippen LogP contribution is -2.40. The van der Waals surface area contributed by atoms with E-state index >= 15 is 0 Å². The molecule has 0 bridgehead atoms. The van der Waals surface area contributed by atoms with Crippen LogP contribution in [-0.2, 0) is 19.5 Å². The van der Waals surface area contributed by atoms with Crippen molar-refractivity contribution < 1.29 is 14.6 Å². The first-order chi connectivity index (χ1) is 19.3. The zero-order valence-corrected chi connectivity index (χ0v) is 23.3. The highest BCUT2D eigenvalue weighted by Gasteiger charge is 2.32. The van der Waals surface area contributed by atoms with Crippen LogP contribution in [-0.4, -0.2) is 60.0 Å². The number of nitriles is 1. The SMILES string of the molecule is CCOc1cc(C(C)N2CCc3c(cc(Cn4ccnc4C)cc3-c3cn(CCO)nc3C)C2=O)ncc1C#N. The maximum atomic E-state index is 14.1. The number of hydrogen-bond donors (Lipinski definition) is 1. The molecule has 0 aliphatic carbocycles. The third-order valence-electron chi connectivity index (χ3n) is 7.45. The van der Waals surface area contributed by atoms with Gasteiger partial charge in [-0.1, -0.05) is 0 Å². The minimum Gasteiger partial charge on any atom is -0.492 e. The number of amides is 1. The van der Waals surface area contributed by atoms with Gasteiger partial charge in [-0.3, -0.25) is 14.5 Å². The van der Waals surface area contributed by atoms with E-state index in [0.717, 1.165) is 33.8 Å². The van der Waals surface area contributed by atoms with Gasteiger partial charge in [0, 0.05) is 55.1 Å². The molecule has 1 aliphatic heterocycles. The number of carbonyl (C=O) groups excluding carboxylic acids is 1. The summed E-state index contributed by atoms with van der Waals surface area (Å²) in [6.07, 6.45) is 7.83. The average Bonchev–Trinajstić information content (AvgIpc) is 3.52. The number of aliphatic hydroxyl groups is 1. The Hall–Kier alpha value is -4.49. The third-order valence-corrected chi connectivity index (χ3v) is 7.45. The predicted molar refractivity (Wildman–Crippen MR) is 149 cm³/mol. The summed E-state index contributed by atoms with van der Waals surface area (Å²) in [6.45, 7) is 9.66. The Morgan fingerprint density at radius 1 is 1.18 bits per heavy atom. The fourth-order valence-electron chi connectivity index (χ4n) is 5.35. The molecular weight excluding hydrogens is 506 g/mol. The number of carbonyl (C=O) groups is 1. The van der Waals surface area contributed by atoms with Crippen molar-refractivity contribution in [1.82, 2.24) is 29.2 Å². The first-order valence-corrected chi connectivity index (χ1v) is 13.5. The van der Waals surface area contributed by atoms with Gasteiger partial charge < -0.3 is 19.3 Å². The highest BCUT2D eigenvalue weighted by atomic mass is 16.5. The molecule has 1 aromatic carbocycles. The molecule has 10 heteroatoms. The molecule has 0 saturated heterocycles. The largest absolute Gasteiger partial charge is 0.492 e. The van der Waals surface area contributed by atoms with E-state index in [1.54, 1.807) is 16.9 Å². The van der Waals surface area contributed by atoms with Crippen molar-refractivity contribution in [3.05, 3.63) is 82.5 Å². The molecular formula is C30H33N7O3. The molecule has 0 saturated carbocycles. The summed E-state index contributed by atoms with van der Waals surface area (Å²) in [5, 5.41) is 23.4. The molecule has 40 heavy (non-hydrogen) atoms. The van der Waals surface area contributed by atoms with Crippen LogP contribution in [0.5, 0.6) is 5.75 Å². The molecule has 1 unspecified atom stereocenters. The summed E-state index contributed by atoms with van der Waals surface area (Å²) in [4.78, 5) is 24.8. The Bertz CT molecular complexity index is 1600. The molecule has 5 rings (SSSR count). The number of aliphatic hydroxyl groups excluding tert-OH is 1. The normalized spacial score (nSPS) is 13.7. The van der Waals surface area contributed by atoms with Crippen LogP contribution in [0.1, 0.15) is 64.1 Å². The summed E-state index contributed by atoms with van der Waals surface area (Å²) in [7, 11) is 0. The minimum absolute atomic E-state index is 0.00165. The van der Waals surface area contributed by atoms with E-state index in [-0.39, 0.29) is 18.6 Å². The van der Waals surface area contributed by atoms with Gasteiger partial charge in [0.15, 0.2) is 0 Å². The van der Waals surface area contributed by atoms with E-state index in [1.807, 2.05) is 51.1 Å². The number of nitrogens with zero attached hydrogens (tertiary/aromatic N) is 7. The van der Waals surface area contributed by atoms with Crippen molar-refractivity contribution >= 4 is 5.91 Å². The van der Waals surface area contributed by atoms with Crippen LogP contribution in [0, 0.1) is 25.2 Å². The summed E-state index contributed by atoms with van der Waals surface area (Å²) in [5.74, 6) is 1.30. The summed E-state index contributed by atoms with van der Waals surface area (Å²) >= 11 is 0. The summed E-state index contributed by atoms with van der Waals surface area (Å²) in [5.41, 5.74) is 6.48. The van der Waals surface area contributed by atoms with Crippen molar-refractivity contribution in [2.24, 2.45) is 0 Å². The molecule has 0 radical (unpaired) electrons. The van der Waals surface area contributed by atoms with E-state index in [0.29, 0.717) is 55.2 Å². The van der Waals surface area contributed by atoms with Crippen molar-refractivity contribution in [3.8, 4) is 22.9 Å². The average molecular weight is 540 g/mol. The molecule has 0 fully saturated rings. The van der Waals surface area contributed by atoms with E-state index in [1.165, 1.54) is 6.20 Å². The Balaban J connectivity index is 1.56. The lowest BCUT2D eigenvalue weighted by molar-refractivity contribution is 0.0669. The predicted octanol–water partition coefficient (Wildman–Crippen LogP) is 3.83. The Kier molecular flexibility index (Phi) is 7.67. The second-order valence-corrected chi connectivity index (χ2v) is 9.96. The van der Waals surface area contributed by atoms with E-state index < -0.39 is 0 Å². The number of hydrogen-bond acceptors (Lipinski definition) is 7. The molecule has 1 amide bonds. The fraction of sp³-hybridized carbons (Fsp3) is 0.367. The third kappa shape index (κ3) is 5.08. The van der Waals surface area contributed by atoms with E-state index in [2.05, 4.69) is 31.8 Å². The van der Waals surface area contributed by atoms with Gasteiger partial charge in [0.2, 0.25) is 0 Å². The second-order valence-electron chi connectivity index (χ2n) is 9.96. The van der Waals surface area contributed by atoms with Crippen LogP contribution in [0.4, 0.5) is 0 Å². The standard InChI is InChI=1S/C30H33N7O3/c1-5-40-29-14-28(33-16-23(29)15-31)20(3)37-8-6-24-25(27-18-36(10-11-38)34-19(27)2)12-22(13-26(24)30(37)39)17-35-9-7-32-21(35)4/h7,9,12-14,16,18,20,38H,5-6,8,10-11,17H2,1-4H3. The molecule has 1 aliphatic rings. The molecule has 4 heterocycles. The molecule has 1 atom stereocenters. The molecule has 0 spiro atoms. The molecule has 1 N–H and O–H groups in total. The van der Waals surface area contributed by atoms with Gasteiger partial charge in [0.1, 0.15) is 23.2 Å². The number of ether oxygens (including phenoxy) is 1. The quantitative estimate of drug-likeness (QED) is 0.343. The first-order valence-electron chi connectivity index (χ1n) is 13.5. The van der Waals surface area contributed by atoms with E-state index in [4.69, 9.17) is 4.74 Å². The monoisotopic (exact) mass is 539 g/mol. The van der Waals surface area contributed by atoms with Crippen LogP contribution >= 0.6 is 0 Å². The zero-order chi connectivity index (χ0) is 28.4. The van der Waals surface area contributed by atoms with Crippen molar-refractivity contribution in [2.45, 2.75) is 53.2 Å². The molecule has 10 nitrogen and oxygen atoms in total. The Labute approximate surface area is 233 Å². The Morgan fingerprint density at radius 3 is 2.67 bits per heavy atom. The van der Waals surface area contributed by atoms with Crippen LogP contribution in [0.25, 0.3) is 11.1 Å². The molecule has 4 aromatic rings. The highest BCUT2D eigenvalue weighted by molar-refractivity contribution is 5.99. The van der Waals surface area contributed by atoms with Gasteiger partial charge in [-0.05, 0) is 62.9 Å². The number of aromatic nitrogens is 5. The van der Waals surface area contributed by atoms with Gasteiger partial charge in [0.05, 0.1) is 37.2 Å². The number of rotatable bonds is 9. The lowest BCUT2D eigenvalue weighted by Gasteiger charge is -2.34. The molecule has 3 aromatic heterocycles. The number of aryl methyl sites for hydroxylation is 2. The van der Waals surface area contributed by atoms with Gasteiger partial charge in [0.25, 0.3) is 5.91 Å². The van der Waals surface area contributed by atoms with Crippen molar-refractivity contribution in [1.29, 1.82) is 5.26 Å². The first kappa shape index (κ1) is 27.1. The van der Waals surface area contributed by atoms with Crippen molar-refractivity contribution in [3.63, 3.8) is 0 Å². The van der Waals surface area contributed by atoms with Gasteiger partial charge >= 0.3 is 0 Å². The Morgan fingerprint density at radius 2 is 1.98 bits per heavy atom.